The summed E-state index contributed by atoms with van der Waals surface area (Å²) in [6, 6.07) is 0. The smallest absolute Gasteiger partial charge is 0.154 e. The molecule has 4 nitrogen and oxygen atoms in total. The van der Waals surface area contributed by atoms with Crippen molar-refractivity contribution in [3.05, 3.63) is 0 Å². The summed E-state index contributed by atoms with van der Waals surface area (Å²) in [5.41, 5.74) is -0.638. The van der Waals surface area contributed by atoms with Crippen molar-refractivity contribution in [2.75, 3.05) is 0 Å². The van der Waals surface area contributed by atoms with E-state index >= 15 is 0 Å². The third-order valence-corrected chi connectivity index (χ3v) is 2.41. The summed E-state index contributed by atoms with van der Waals surface area (Å²) >= 11 is -0.331. The molecule has 133 valence electrons. The van der Waals surface area contributed by atoms with Gasteiger partial charge in [0, 0.05) is 67.4 Å². The Kier molecular flexibility index (Phi) is 17.8. The SMILES string of the molecule is CC(C)(C)[OH2+].CC(C)(C)[OH2+].CC(C)(C)[O][Al-][O]C(C)(C)C.[Sc]. The molecule has 0 heterocycles. The topological polar surface area (TPSA) is 64.3 Å². The van der Waals surface area contributed by atoms with Crippen LogP contribution >= 0.6 is 0 Å². The second kappa shape index (κ2) is 12.6. The minimum atomic E-state index is -0.331. The number of hydrogen-bond acceptors (Lipinski definition) is 2. The summed E-state index contributed by atoms with van der Waals surface area (Å²) < 4.78 is 10.9. The largest absolute Gasteiger partial charge is 0.675 e. The molecule has 0 unspecified atom stereocenters. The fourth-order valence-corrected chi connectivity index (χ4v) is 0.938. The van der Waals surface area contributed by atoms with Crippen LogP contribution in [0.5, 0.6) is 0 Å². The summed E-state index contributed by atoms with van der Waals surface area (Å²) in [5.74, 6) is 0. The Morgan fingerprint density at radius 3 is 0.773 bits per heavy atom. The molecule has 22 heavy (non-hydrogen) atoms. The van der Waals surface area contributed by atoms with E-state index in [0.717, 1.165) is 0 Å². The van der Waals surface area contributed by atoms with Crippen molar-refractivity contribution in [1.82, 2.24) is 0 Å². The Morgan fingerprint density at radius 2 is 0.682 bits per heavy atom. The normalized spacial score (nSPS) is 12.3. The summed E-state index contributed by atoms with van der Waals surface area (Å²) in [6.45, 7) is 23.3. The van der Waals surface area contributed by atoms with Crippen molar-refractivity contribution in [3.63, 3.8) is 0 Å². The summed E-state index contributed by atoms with van der Waals surface area (Å²) in [5, 5.41) is 13.9. The quantitative estimate of drug-likeness (QED) is 0.555. The standard InChI is InChI=1S/2C4H10O.2C4H9O.Al.Sc/c4*1-4(2,3)5;;/h2*5H,1-3H3;2*1-3H3;;/q;;2*-1;+1;/p+2. The second-order valence-corrected chi connectivity index (χ2v) is 9.72. The van der Waals surface area contributed by atoms with Crippen molar-refractivity contribution >= 4 is 15.9 Å². The summed E-state index contributed by atoms with van der Waals surface area (Å²) in [7, 11) is 0. The van der Waals surface area contributed by atoms with E-state index in [4.69, 9.17) is 17.8 Å². The van der Waals surface area contributed by atoms with E-state index in [1.165, 1.54) is 0 Å². The van der Waals surface area contributed by atoms with Crippen LogP contribution in [0.25, 0.3) is 0 Å². The molecule has 0 bridgehead atoms. The summed E-state index contributed by atoms with van der Waals surface area (Å²) in [4.78, 5) is 0. The average molecular weight is 368 g/mol. The third-order valence-electron chi connectivity index (χ3n) is 0.803. The van der Waals surface area contributed by atoms with Crippen LogP contribution in [0, 0.1) is 0 Å². The molecule has 0 saturated heterocycles. The van der Waals surface area contributed by atoms with E-state index in [1.54, 1.807) is 0 Å². The van der Waals surface area contributed by atoms with Gasteiger partial charge in [-0.15, -0.1) is 0 Å². The van der Waals surface area contributed by atoms with Crippen LogP contribution in [0.1, 0.15) is 83.1 Å². The van der Waals surface area contributed by atoms with Crippen LogP contribution in [0.4, 0.5) is 0 Å². The Morgan fingerprint density at radius 1 is 0.545 bits per heavy atom. The molecule has 0 aliphatic rings. The molecule has 0 aromatic heterocycles. The van der Waals surface area contributed by atoms with Crippen molar-refractivity contribution in [3.8, 4) is 0 Å². The molecule has 0 rings (SSSR count). The van der Waals surface area contributed by atoms with Crippen molar-refractivity contribution in [2.24, 2.45) is 0 Å². The van der Waals surface area contributed by atoms with Gasteiger partial charge >= 0.3 is 0 Å². The van der Waals surface area contributed by atoms with Crippen LogP contribution in [-0.4, -0.2) is 48.5 Å². The molecule has 4 N–H and O–H groups in total. The molecule has 6 heteroatoms. The monoisotopic (exact) mass is 368 g/mol. The molecule has 3 radical (unpaired) electrons. The van der Waals surface area contributed by atoms with Crippen LogP contribution < -0.4 is 0 Å². The first-order valence-electron chi connectivity index (χ1n) is 7.38. The van der Waals surface area contributed by atoms with E-state index in [-0.39, 0.29) is 64.1 Å². The Labute approximate surface area is 164 Å². The van der Waals surface area contributed by atoms with Gasteiger partial charge in [-0.3, -0.25) is 0 Å². The minimum absolute atomic E-state index is 0. The molecule has 0 fully saturated rings. The Bertz CT molecular complexity index is 207. The van der Waals surface area contributed by atoms with Gasteiger partial charge in [-0.25, -0.2) is 0 Å². The van der Waals surface area contributed by atoms with Gasteiger partial charge < -0.3 is 17.8 Å². The summed E-state index contributed by atoms with van der Waals surface area (Å²) in [6.07, 6.45) is 0. The predicted octanol–water partition coefficient (Wildman–Crippen LogP) is 3.17. The van der Waals surface area contributed by atoms with Crippen molar-refractivity contribution in [1.29, 1.82) is 0 Å². The molecule has 0 saturated carbocycles. The number of hydrogen-bond donors (Lipinski definition) is 0. The van der Waals surface area contributed by atoms with Gasteiger partial charge in [0.25, 0.3) is 0 Å². The molecule has 0 amide bonds. The van der Waals surface area contributed by atoms with Gasteiger partial charge in [-0.2, -0.15) is 0 Å². The van der Waals surface area contributed by atoms with Crippen molar-refractivity contribution < 1.29 is 43.6 Å². The third kappa shape index (κ3) is 102. The van der Waals surface area contributed by atoms with Gasteiger partial charge in [0.15, 0.2) is 11.2 Å². The van der Waals surface area contributed by atoms with Gasteiger partial charge in [0.1, 0.15) is 15.9 Å². The molecular formula is C16H40AlO4Sc+. The maximum absolute atomic E-state index is 6.94. The van der Waals surface area contributed by atoms with Gasteiger partial charge in [0.05, 0.1) is 0 Å². The molecule has 0 aromatic rings. The van der Waals surface area contributed by atoms with Gasteiger partial charge in [0.2, 0.25) is 0 Å². The number of rotatable bonds is 2. The minimum Gasteiger partial charge on any atom is -0.675 e. The van der Waals surface area contributed by atoms with Crippen LogP contribution in [-0.2, 0) is 33.4 Å². The maximum atomic E-state index is 6.94. The molecular weight excluding hydrogens is 328 g/mol. The van der Waals surface area contributed by atoms with E-state index in [9.17, 15) is 0 Å². The zero-order valence-corrected chi connectivity index (χ0v) is 19.9. The molecule has 0 spiro atoms. The first-order valence-corrected chi connectivity index (χ1v) is 8.32. The first kappa shape index (κ1) is 31.1. The molecule has 0 aromatic carbocycles. The first-order chi connectivity index (χ1) is 8.71. The van der Waals surface area contributed by atoms with Crippen molar-refractivity contribution in [2.45, 2.75) is 105 Å². The van der Waals surface area contributed by atoms with Crippen LogP contribution in [0.15, 0.2) is 0 Å². The Hall–Kier alpha value is 1.24. The predicted molar refractivity (Wildman–Crippen MR) is 94.2 cm³/mol. The molecule has 0 aliphatic heterocycles. The van der Waals surface area contributed by atoms with E-state index in [1.807, 2.05) is 83.1 Å². The van der Waals surface area contributed by atoms with Crippen LogP contribution in [0.2, 0.25) is 0 Å². The maximum Gasteiger partial charge on any atom is 0.154 e. The molecule has 0 atom stereocenters. The van der Waals surface area contributed by atoms with E-state index in [2.05, 4.69) is 0 Å². The van der Waals surface area contributed by atoms with Gasteiger partial charge in [-0.1, -0.05) is 0 Å². The van der Waals surface area contributed by atoms with E-state index in [0.29, 0.717) is 0 Å². The van der Waals surface area contributed by atoms with Crippen LogP contribution in [0.3, 0.4) is 0 Å². The van der Waals surface area contributed by atoms with E-state index < -0.39 is 0 Å². The zero-order chi connectivity index (χ0) is 18.1. The second-order valence-electron chi connectivity index (χ2n) is 9.06. The fraction of sp³-hybridized carbons (Fsp3) is 1.00. The molecule has 0 aliphatic carbocycles. The average Bonchev–Trinajstić information content (AvgIpc) is 1.89. The Balaban J connectivity index is -0.000000124. The van der Waals surface area contributed by atoms with Gasteiger partial charge in [-0.05, 0) is 52.7 Å². The fourth-order valence-electron chi connectivity index (χ4n) is 0.313. The zero-order valence-electron chi connectivity index (χ0n) is 17.0.